The maximum Gasteiger partial charge on any atom is 0.272 e. The number of nitrogens with zero attached hydrogens (tertiary/aromatic N) is 4. The molecule has 1 amide bonds. The number of para-hydroxylation sites is 2. The number of amides is 1. The Morgan fingerprint density at radius 2 is 1.77 bits per heavy atom. The SMILES string of the molecule is CCOc1ccccc1N1CCN(C(=O)c2cc(-c3ccco3)nn2-c2ccc(C)cc2C)CC1. The standard InChI is InChI=1S/C28H30N4O3/c1-4-34-27-9-6-5-8-24(27)30-13-15-31(16-14-30)28(33)25-19-22(26-10-7-17-35-26)29-32(25)23-12-11-20(2)18-21(23)3/h5-12,17-19H,4,13-16H2,1-3H3. The highest BCUT2D eigenvalue weighted by Crippen LogP contribution is 2.30. The molecule has 0 spiro atoms. The Bertz CT molecular complexity index is 1320. The smallest absolute Gasteiger partial charge is 0.272 e. The van der Waals surface area contributed by atoms with Gasteiger partial charge in [-0.2, -0.15) is 5.10 Å². The highest BCUT2D eigenvalue weighted by Gasteiger charge is 2.28. The van der Waals surface area contributed by atoms with E-state index in [1.54, 1.807) is 10.9 Å². The summed E-state index contributed by atoms with van der Waals surface area (Å²) in [6, 6.07) is 19.8. The van der Waals surface area contributed by atoms with E-state index in [4.69, 9.17) is 14.3 Å². The van der Waals surface area contributed by atoms with E-state index in [2.05, 4.69) is 24.0 Å². The van der Waals surface area contributed by atoms with Crippen molar-refractivity contribution in [3.63, 3.8) is 0 Å². The monoisotopic (exact) mass is 470 g/mol. The molecule has 35 heavy (non-hydrogen) atoms. The Morgan fingerprint density at radius 1 is 0.971 bits per heavy atom. The molecule has 1 saturated heterocycles. The molecule has 3 heterocycles. The minimum atomic E-state index is -0.0342. The number of hydrogen-bond acceptors (Lipinski definition) is 5. The van der Waals surface area contributed by atoms with Crippen molar-refractivity contribution in [2.75, 3.05) is 37.7 Å². The Balaban J connectivity index is 1.42. The van der Waals surface area contributed by atoms with Crippen LogP contribution in [0.3, 0.4) is 0 Å². The maximum atomic E-state index is 13.8. The van der Waals surface area contributed by atoms with Crippen molar-refractivity contribution in [1.29, 1.82) is 0 Å². The van der Waals surface area contributed by atoms with Crippen molar-refractivity contribution < 1.29 is 13.9 Å². The minimum Gasteiger partial charge on any atom is -0.492 e. The lowest BCUT2D eigenvalue weighted by Gasteiger charge is -2.36. The summed E-state index contributed by atoms with van der Waals surface area (Å²) in [7, 11) is 0. The first-order valence-electron chi connectivity index (χ1n) is 12.0. The highest BCUT2D eigenvalue weighted by atomic mass is 16.5. The van der Waals surface area contributed by atoms with Gasteiger partial charge in [0, 0.05) is 32.2 Å². The zero-order valence-electron chi connectivity index (χ0n) is 20.4. The van der Waals surface area contributed by atoms with Gasteiger partial charge in [0.05, 0.1) is 24.2 Å². The zero-order valence-corrected chi connectivity index (χ0v) is 20.4. The van der Waals surface area contributed by atoms with Gasteiger partial charge < -0.3 is 19.0 Å². The van der Waals surface area contributed by atoms with Crippen LogP contribution in [0.5, 0.6) is 5.75 Å². The summed E-state index contributed by atoms with van der Waals surface area (Å²) in [5.74, 6) is 1.48. The number of furan rings is 1. The van der Waals surface area contributed by atoms with Crippen LogP contribution in [0.2, 0.25) is 0 Å². The first kappa shape index (κ1) is 22.8. The van der Waals surface area contributed by atoms with Gasteiger partial charge in [-0.15, -0.1) is 0 Å². The molecule has 4 aromatic rings. The number of hydrogen-bond donors (Lipinski definition) is 0. The zero-order chi connectivity index (χ0) is 24.4. The molecule has 7 nitrogen and oxygen atoms in total. The van der Waals surface area contributed by atoms with E-state index in [0.717, 1.165) is 35.8 Å². The second-order valence-corrected chi connectivity index (χ2v) is 8.77. The van der Waals surface area contributed by atoms with Crippen molar-refractivity contribution in [3.8, 4) is 22.9 Å². The van der Waals surface area contributed by atoms with Crippen LogP contribution in [-0.4, -0.2) is 53.4 Å². The number of carbonyl (C=O) groups excluding carboxylic acids is 1. The van der Waals surface area contributed by atoms with Gasteiger partial charge in [-0.1, -0.05) is 29.8 Å². The van der Waals surface area contributed by atoms with E-state index >= 15 is 0 Å². The quantitative estimate of drug-likeness (QED) is 0.392. The molecule has 1 aliphatic heterocycles. The molecule has 7 heteroatoms. The maximum absolute atomic E-state index is 13.8. The third kappa shape index (κ3) is 4.54. The molecule has 0 radical (unpaired) electrons. The lowest BCUT2D eigenvalue weighted by molar-refractivity contribution is 0.0737. The van der Waals surface area contributed by atoms with E-state index in [0.29, 0.717) is 36.8 Å². The van der Waals surface area contributed by atoms with E-state index in [-0.39, 0.29) is 5.91 Å². The predicted molar refractivity (Wildman–Crippen MR) is 136 cm³/mol. The van der Waals surface area contributed by atoms with Crippen LogP contribution in [0.15, 0.2) is 71.3 Å². The Kier molecular flexibility index (Phi) is 6.31. The number of aryl methyl sites for hydroxylation is 2. The van der Waals surface area contributed by atoms with E-state index in [9.17, 15) is 4.79 Å². The number of aromatic nitrogens is 2. The van der Waals surface area contributed by atoms with Crippen molar-refractivity contribution in [1.82, 2.24) is 14.7 Å². The third-order valence-electron chi connectivity index (χ3n) is 6.36. The summed E-state index contributed by atoms with van der Waals surface area (Å²) >= 11 is 0. The molecule has 0 unspecified atom stereocenters. The number of ether oxygens (including phenoxy) is 1. The molecule has 2 aromatic heterocycles. The fourth-order valence-corrected chi connectivity index (χ4v) is 4.61. The van der Waals surface area contributed by atoms with E-state index in [1.165, 1.54) is 5.56 Å². The topological polar surface area (TPSA) is 63.7 Å². The molecule has 1 aliphatic rings. The van der Waals surface area contributed by atoms with Gasteiger partial charge in [-0.05, 0) is 56.7 Å². The number of anilines is 1. The van der Waals surface area contributed by atoms with E-state index < -0.39 is 0 Å². The van der Waals surface area contributed by atoms with Gasteiger partial charge in [-0.25, -0.2) is 4.68 Å². The molecule has 0 aliphatic carbocycles. The average Bonchev–Trinajstić information content (AvgIpc) is 3.55. The Labute approximate surface area is 205 Å². The van der Waals surface area contributed by atoms with Crippen LogP contribution in [0, 0.1) is 13.8 Å². The molecule has 0 saturated carbocycles. The van der Waals surface area contributed by atoms with Gasteiger partial charge in [0.15, 0.2) is 5.76 Å². The van der Waals surface area contributed by atoms with Crippen LogP contribution in [0.4, 0.5) is 5.69 Å². The molecule has 180 valence electrons. The Morgan fingerprint density at radius 3 is 2.49 bits per heavy atom. The predicted octanol–water partition coefficient (Wildman–Crippen LogP) is 5.11. The molecule has 0 atom stereocenters. The molecular formula is C28H30N4O3. The van der Waals surface area contributed by atoms with Crippen molar-refractivity contribution in [3.05, 3.63) is 83.7 Å². The first-order valence-corrected chi connectivity index (χ1v) is 12.0. The fraction of sp³-hybridized carbons (Fsp3) is 0.286. The summed E-state index contributed by atoms with van der Waals surface area (Å²) < 4.78 is 13.1. The van der Waals surface area contributed by atoms with Crippen LogP contribution < -0.4 is 9.64 Å². The lowest BCUT2D eigenvalue weighted by atomic mass is 10.1. The van der Waals surface area contributed by atoms with Crippen molar-refractivity contribution >= 4 is 11.6 Å². The largest absolute Gasteiger partial charge is 0.492 e. The van der Waals surface area contributed by atoms with Crippen LogP contribution in [-0.2, 0) is 0 Å². The summed E-state index contributed by atoms with van der Waals surface area (Å²) in [5.41, 5.74) is 5.36. The minimum absolute atomic E-state index is 0.0342. The number of benzene rings is 2. The van der Waals surface area contributed by atoms with Gasteiger partial charge in [0.2, 0.25) is 0 Å². The van der Waals surface area contributed by atoms with Crippen LogP contribution in [0.1, 0.15) is 28.5 Å². The average molecular weight is 471 g/mol. The second-order valence-electron chi connectivity index (χ2n) is 8.77. The third-order valence-corrected chi connectivity index (χ3v) is 6.36. The highest BCUT2D eigenvalue weighted by molar-refractivity contribution is 5.94. The summed E-state index contributed by atoms with van der Waals surface area (Å²) in [6.45, 7) is 9.42. The molecule has 0 bridgehead atoms. The number of carbonyl (C=O) groups is 1. The van der Waals surface area contributed by atoms with Gasteiger partial charge in [0.1, 0.15) is 17.1 Å². The fourth-order valence-electron chi connectivity index (χ4n) is 4.61. The summed E-state index contributed by atoms with van der Waals surface area (Å²) in [6.07, 6.45) is 1.62. The van der Waals surface area contributed by atoms with Gasteiger partial charge in [0.25, 0.3) is 5.91 Å². The first-order chi connectivity index (χ1) is 17.0. The second kappa shape index (κ2) is 9.70. The summed E-state index contributed by atoms with van der Waals surface area (Å²) in [4.78, 5) is 17.9. The van der Waals surface area contributed by atoms with Crippen LogP contribution >= 0.6 is 0 Å². The van der Waals surface area contributed by atoms with Crippen molar-refractivity contribution in [2.24, 2.45) is 0 Å². The molecule has 5 rings (SSSR count). The number of piperazine rings is 1. The van der Waals surface area contributed by atoms with Gasteiger partial charge >= 0.3 is 0 Å². The normalized spacial score (nSPS) is 13.8. The molecule has 1 fully saturated rings. The van der Waals surface area contributed by atoms with Gasteiger partial charge in [-0.3, -0.25) is 4.79 Å². The van der Waals surface area contributed by atoms with Crippen molar-refractivity contribution in [2.45, 2.75) is 20.8 Å². The molecular weight excluding hydrogens is 440 g/mol. The Hall–Kier alpha value is -4.00. The van der Waals surface area contributed by atoms with E-state index in [1.807, 2.05) is 67.3 Å². The molecule has 2 aromatic carbocycles. The van der Waals surface area contributed by atoms with Crippen LogP contribution in [0.25, 0.3) is 17.1 Å². The molecule has 0 N–H and O–H groups in total. The summed E-state index contributed by atoms with van der Waals surface area (Å²) in [5, 5.41) is 4.77. The number of rotatable bonds is 6. The lowest BCUT2D eigenvalue weighted by Crippen LogP contribution is -2.49.